The summed E-state index contributed by atoms with van der Waals surface area (Å²) >= 11 is 0. The van der Waals surface area contributed by atoms with Crippen molar-refractivity contribution < 1.29 is 4.79 Å². The highest BCUT2D eigenvalue weighted by Gasteiger charge is 2.54. The van der Waals surface area contributed by atoms with Gasteiger partial charge >= 0.3 is 0 Å². The van der Waals surface area contributed by atoms with E-state index in [9.17, 15) is 4.79 Å². The predicted molar refractivity (Wildman–Crippen MR) is 118 cm³/mol. The number of aromatic nitrogens is 4. The Labute approximate surface area is 177 Å². The number of nitrogens with zero attached hydrogens (tertiary/aromatic N) is 4. The molecule has 1 spiro atoms. The molecule has 2 fully saturated rings. The second-order valence-corrected chi connectivity index (χ2v) is 9.39. The monoisotopic (exact) mass is 403 g/mol. The van der Waals surface area contributed by atoms with Crippen molar-refractivity contribution in [1.29, 1.82) is 0 Å². The van der Waals surface area contributed by atoms with Crippen molar-refractivity contribution in [3.8, 4) is 11.1 Å². The van der Waals surface area contributed by atoms with Crippen LogP contribution in [0.5, 0.6) is 0 Å². The standard InChI is InChI=1S/C24H29N5O/c1-7-20(30)28-11-24(12-28)9-18(10-24)29-17(6)22(16(5)27-29)21-14(3)13(2)8-19-23(21)15(4)25-26-19/h7-8,18H,1,9-12H2,2-6H3,(H,25,26). The van der Waals surface area contributed by atoms with Gasteiger partial charge in [0.15, 0.2) is 0 Å². The molecule has 156 valence electrons. The van der Waals surface area contributed by atoms with E-state index in [2.05, 4.69) is 62.1 Å². The molecule has 2 aromatic heterocycles. The van der Waals surface area contributed by atoms with Crippen LogP contribution in [0, 0.1) is 40.0 Å². The van der Waals surface area contributed by atoms with Crippen molar-refractivity contribution in [1.82, 2.24) is 24.9 Å². The third kappa shape index (κ3) is 2.52. The molecule has 1 amide bonds. The number of H-pyrrole nitrogens is 1. The van der Waals surface area contributed by atoms with E-state index in [0.717, 1.165) is 42.8 Å². The molecular weight excluding hydrogens is 374 g/mol. The number of aromatic amines is 1. The number of carbonyl (C=O) groups excluding carboxylic acids is 1. The molecule has 2 aliphatic rings. The van der Waals surface area contributed by atoms with Gasteiger partial charge < -0.3 is 4.90 Å². The summed E-state index contributed by atoms with van der Waals surface area (Å²) in [7, 11) is 0. The summed E-state index contributed by atoms with van der Waals surface area (Å²) in [6.45, 7) is 16.1. The number of hydrogen-bond donors (Lipinski definition) is 1. The minimum Gasteiger partial charge on any atom is -0.338 e. The topological polar surface area (TPSA) is 66.8 Å². The molecule has 5 rings (SSSR count). The van der Waals surface area contributed by atoms with E-state index < -0.39 is 0 Å². The van der Waals surface area contributed by atoms with Crippen molar-refractivity contribution in [3.63, 3.8) is 0 Å². The first-order valence-corrected chi connectivity index (χ1v) is 10.7. The van der Waals surface area contributed by atoms with Crippen LogP contribution < -0.4 is 0 Å². The molecule has 3 heterocycles. The second kappa shape index (κ2) is 6.30. The molecule has 0 radical (unpaired) electrons. The van der Waals surface area contributed by atoms with Crippen LogP contribution in [0.1, 0.15) is 47.1 Å². The Hall–Kier alpha value is -2.89. The Kier molecular flexibility index (Phi) is 4.01. The Morgan fingerprint density at radius 3 is 2.57 bits per heavy atom. The maximum atomic E-state index is 11.8. The summed E-state index contributed by atoms with van der Waals surface area (Å²) in [6, 6.07) is 2.57. The average molecular weight is 404 g/mol. The van der Waals surface area contributed by atoms with Gasteiger partial charge in [-0.15, -0.1) is 0 Å². The smallest absolute Gasteiger partial charge is 0.245 e. The Balaban J connectivity index is 1.49. The summed E-state index contributed by atoms with van der Waals surface area (Å²) in [5.41, 5.74) is 9.73. The number of carbonyl (C=O) groups is 1. The largest absolute Gasteiger partial charge is 0.338 e. The van der Waals surface area contributed by atoms with Gasteiger partial charge in [-0.2, -0.15) is 10.2 Å². The second-order valence-electron chi connectivity index (χ2n) is 9.39. The van der Waals surface area contributed by atoms with Crippen molar-refractivity contribution in [2.75, 3.05) is 13.1 Å². The van der Waals surface area contributed by atoms with Crippen molar-refractivity contribution >= 4 is 16.8 Å². The van der Waals surface area contributed by atoms with Crippen LogP contribution in [0.2, 0.25) is 0 Å². The van der Waals surface area contributed by atoms with Crippen LogP contribution in [-0.2, 0) is 4.79 Å². The van der Waals surface area contributed by atoms with E-state index in [1.807, 2.05) is 4.90 Å². The zero-order chi connectivity index (χ0) is 21.4. The number of likely N-dealkylation sites (tertiary alicyclic amines) is 1. The minimum absolute atomic E-state index is 0.0481. The molecule has 3 aromatic rings. The minimum atomic E-state index is 0.0481. The van der Waals surface area contributed by atoms with Gasteiger partial charge in [0.2, 0.25) is 5.91 Å². The summed E-state index contributed by atoms with van der Waals surface area (Å²) in [5.74, 6) is 0.0481. The lowest BCUT2D eigenvalue weighted by Gasteiger charge is -2.58. The van der Waals surface area contributed by atoms with Crippen molar-refractivity contribution in [2.45, 2.75) is 53.5 Å². The lowest BCUT2D eigenvalue weighted by Crippen LogP contribution is -2.63. The van der Waals surface area contributed by atoms with Gasteiger partial charge in [-0.25, -0.2) is 0 Å². The first-order valence-electron chi connectivity index (χ1n) is 10.7. The van der Waals surface area contributed by atoms with Crippen LogP contribution in [0.3, 0.4) is 0 Å². The van der Waals surface area contributed by atoms with E-state index in [0.29, 0.717) is 6.04 Å². The van der Waals surface area contributed by atoms with Gasteiger partial charge in [0.1, 0.15) is 0 Å². The first kappa shape index (κ1) is 19.1. The quantitative estimate of drug-likeness (QED) is 0.663. The van der Waals surface area contributed by atoms with Gasteiger partial charge in [-0.3, -0.25) is 14.6 Å². The zero-order valence-electron chi connectivity index (χ0n) is 18.5. The van der Waals surface area contributed by atoms with Crippen LogP contribution in [0.25, 0.3) is 22.0 Å². The SMILES string of the molecule is C=CC(=O)N1CC2(CC(n3nc(C)c(-c4c(C)c(C)cc5n[nH]c(C)c45)c3C)C2)C1. The Morgan fingerprint density at radius 2 is 1.90 bits per heavy atom. The lowest BCUT2D eigenvalue weighted by atomic mass is 9.60. The molecule has 6 heteroatoms. The fraction of sp³-hybridized carbons (Fsp3) is 0.458. The molecule has 1 N–H and O–H groups in total. The van der Waals surface area contributed by atoms with Gasteiger partial charge in [-0.1, -0.05) is 6.58 Å². The Bertz CT molecular complexity index is 1200. The highest BCUT2D eigenvalue weighted by molar-refractivity contribution is 6.00. The van der Waals surface area contributed by atoms with Crippen molar-refractivity contribution in [2.24, 2.45) is 5.41 Å². The summed E-state index contributed by atoms with van der Waals surface area (Å²) < 4.78 is 2.23. The predicted octanol–water partition coefficient (Wildman–Crippen LogP) is 4.32. The summed E-state index contributed by atoms with van der Waals surface area (Å²) in [5, 5.41) is 13.9. The van der Waals surface area contributed by atoms with E-state index in [-0.39, 0.29) is 11.3 Å². The third-order valence-electron chi connectivity index (χ3n) is 7.34. The normalized spacial score (nSPS) is 18.0. The fourth-order valence-electron chi connectivity index (χ4n) is 5.68. The number of amides is 1. The molecule has 1 aliphatic heterocycles. The molecule has 1 aromatic carbocycles. The van der Waals surface area contributed by atoms with E-state index in [1.165, 1.54) is 39.4 Å². The number of benzene rings is 1. The molecule has 0 unspecified atom stereocenters. The third-order valence-corrected chi connectivity index (χ3v) is 7.34. The average Bonchev–Trinajstić information content (AvgIpc) is 3.14. The van der Waals surface area contributed by atoms with Gasteiger partial charge in [0.05, 0.1) is 17.3 Å². The number of aryl methyl sites for hydroxylation is 3. The van der Waals surface area contributed by atoms with Crippen LogP contribution in [-0.4, -0.2) is 43.9 Å². The molecule has 1 saturated carbocycles. The highest BCUT2D eigenvalue weighted by atomic mass is 16.2. The van der Waals surface area contributed by atoms with Crippen LogP contribution in [0.4, 0.5) is 0 Å². The van der Waals surface area contributed by atoms with Gasteiger partial charge in [0, 0.05) is 40.8 Å². The molecular formula is C24H29N5O. The van der Waals surface area contributed by atoms with Crippen molar-refractivity contribution in [3.05, 3.63) is 46.9 Å². The number of nitrogens with one attached hydrogen (secondary N) is 1. The van der Waals surface area contributed by atoms with Crippen LogP contribution in [0.15, 0.2) is 18.7 Å². The molecule has 0 bridgehead atoms. The zero-order valence-corrected chi connectivity index (χ0v) is 18.5. The van der Waals surface area contributed by atoms with Gasteiger partial charge in [-0.05, 0) is 76.3 Å². The molecule has 1 aliphatic carbocycles. The molecule has 6 nitrogen and oxygen atoms in total. The fourth-order valence-corrected chi connectivity index (χ4v) is 5.68. The number of hydrogen-bond acceptors (Lipinski definition) is 3. The van der Waals surface area contributed by atoms with E-state index >= 15 is 0 Å². The highest BCUT2D eigenvalue weighted by Crippen LogP contribution is 2.54. The maximum absolute atomic E-state index is 11.8. The van der Waals surface area contributed by atoms with Gasteiger partial charge in [0.25, 0.3) is 0 Å². The lowest BCUT2D eigenvalue weighted by molar-refractivity contribution is -0.149. The van der Waals surface area contributed by atoms with E-state index in [4.69, 9.17) is 5.10 Å². The summed E-state index contributed by atoms with van der Waals surface area (Å²) in [6.07, 6.45) is 3.59. The number of fused-ring (bicyclic) bond motifs is 1. The maximum Gasteiger partial charge on any atom is 0.245 e. The molecule has 30 heavy (non-hydrogen) atoms. The van der Waals surface area contributed by atoms with E-state index in [1.54, 1.807) is 0 Å². The molecule has 0 atom stereocenters. The first-order chi connectivity index (χ1) is 14.2. The molecule has 1 saturated heterocycles. The summed E-state index contributed by atoms with van der Waals surface area (Å²) in [4.78, 5) is 13.7. The number of rotatable bonds is 3. The Morgan fingerprint density at radius 1 is 1.20 bits per heavy atom. The van der Waals surface area contributed by atoms with Crippen LogP contribution >= 0.6 is 0 Å².